The van der Waals surface area contributed by atoms with Crippen molar-refractivity contribution in [2.75, 3.05) is 26.7 Å². The Labute approximate surface area is 112 Å². The van der Waals surface area contributed by atoms with Crippen LogP contribution < -0.4 is 11.1 Å². The highest BCUT2D eigenvalue weighted by Crippen LogP contribution is 2.15. The molecule has 0 aliphatic heterocycles. The third-order valence-corrected chi connectivity index (χ3v) is 2.53. The molecule has 0 aromatic carbocycles. The van der Waals surface area contributed by atoms with E-state index in [2.05, 4.69) is 5.32 Å². The summed E-state index contributed by atoms with van der Waals surface area (Å²) in [5.41, 5.74) is 5.67. The van der Waals surface area contributed by atoms with Gasteiger partial charge in [-0.1, -0.05) is 13.8 Å². The molecule has 0 unspecified atom stereocenters. The summed E-state index contributed by atoms with van der Waals surface area (Å²) in [5.74, 6) is 0.0887. The molecular formula is C12H24F3N3O. The lowest BCUT2D eigenvalue weighted by molar-refractivity contribution is -0.143. The maximum Gasteiger partial charge on any atom is 0.401 e. The SMILES string of the molecule is CC(C)C[C@H](N)C(=O)NCCCN(C)CC(F)(F)F. The Bertz CT molecular complexity index is 269. The highest BCUT2D eigenvalue weighted by molar-refractivity contribution is 5.81. The molecule has 4 nitrogen and oxygen atoms in total. The first kappa shape index (κ1) is 18.2. The van der Waals surface area contributed by atoms with Gasteiger partial charge in [0.25, 0.3) is 0 Å². The summed E-state index contributed by atoms with van der Waals surface area (Å²) < 4.78 is 36.1. The van der Waals surface area contributed by atoms with Gasteiger partial charge in [-0.25, -0.2) is 0 Å². The Kier molecular flexibility index (Phi) is 8.01. The first-order chi connectivity index (χ1) is 8.61. The number of nitrogens with one attached hydrogen (secondary N) is 1. The van der Waals surface area contributed by atoms with Gasteiger partial charge >= 0.3 is 6.18 Å². The zero-order chi connectivity index (χ0) is 15.1. The molecule has 0 fully saturated rings. The Morgan fingerprint density at radius 3 is 2.42 bits per heavy atom. The molecule has 114 valence electrons. The molecule has 0 heterocycles. The van der Waals surface area contributed by atoms with Gasteiger partial charge < -0.3 is 11.1 Å². The minimum atomic E-state index is -4.18. The first-order valence-electron chi connectivity index (χ1n) is 6.40. The zero-order valence-electron chi connectivity index (χ0n) is 11.8. The van der Waals surface area contributed by atoms with E-state index in [1.165, 1.54) is 11.9 Å². The fourth-order valence-corrected chi connectivity index (χ4v) is 1.69. The van der Waals surface area contributed by atoms with Crippen molar-refractivity contribution in [2.45, 2.75) is 38.9 Å². The first-order valence-corrected chi connectivity index (χ1v) is 6.40. The van der Waals surface area contributed by atoms with E-state index in [-0.39, 0.29) is 12.5 Å². The molecule has 0 aliphatic rings. The predicted octanol–water partition coefficient (Wildman–Crippen LogP) is 1.36. The van der Waals surface area contributed by atoms with Crippen molar-refractivity contribution in [2.24, 2.45) is 11.7 Å². The van der Waals surface area contributed by atoms with E-state index in [0.29, 0.717) is 25.3 Å². The molecule has 0 aliphatic carbocycles. The van der Waals surface area contributed by atoms with Crippen LogP contribution >= 0.6 is 0 Å². The number of amides is 1. The van der Waals surface area contributed by atoms with E-state index in [0.717, 1.165) is 0 Å². The van der Waals surface area contributed by atoms with E-state index in [4.69, 9.17) is 5.73 Å². The highest BCUT2D eigenvalue weighted by atomic mass is 19.4. The van der Waals surface area contributed by atoms with Gasteiger partial charge in [0.2, 0.25) is 5.91 Å². The highest BCUT2D eigenvalue weighted by Gasteiger charge is 2.28. The second-order valence-electron chi connectivity index (χ2n) is 5.23. The number of nitrogens with two attached hydrogens (primary N) is 1. The van der Waals surface area contributed by atoms with Crippen molar-refractivity contribution in [3.05, 3.63) is 0 Å². The number of carbonyl (C=O) groups excluding carboxylic acids is 1. The number of carbonyl (C=O) groups is 1. The third kappa shape index (κ3) is 10.8. The molecule has 0 saturated heterocycles. The quantitative estimate of drug-likeness (QED) is 0.661. The average Bonchev–Trinajstić information content (AvgIpc) is 2.20. The van der Waals surface area contributed by atoms with Crippen LogP contribution in [0, 0.1) is 5.92 Å². The Morgan fingerprint density at radius 1 is 1.37 bits per heavy atom. The Morgan fingerprint density at radius 2 is 1.95 bits per heavy atom. The minimum absolute atomic E-state index is 0.243. The lowest BCUT2D eigenvalue weighted by atomic mass is 10.0. The van der Waals surface area contributed by atoms with Crippen molar-refractivity contribution < 1.29 is 18.0 Å². The largest absolute Gasteiger partial charge is 0.401 e. The molecule has 0 aromatic heterocycles. The molecule has 19 heavy (non-hydrogen) atoms. The second-order valence-corrected chi connectivity index (χ2v) is 5.23. The fraction of sp³-hybridized carbons (Fsp3) is 0.917. The summed E-state index contributed by atoms with van der Waals surface area (Å²) in [7, 11) is 1.40. The molecule has 0 aromatic rings. The topological polar surface area (TPSA) is 58.4 Å². The molecule has 0 rings (SSSR count). The van der Waals surface area contributed by atoms with Gasteiger partial charge in [-0.2, -0.15) is 13.2 Å². The van der Waals surface area contributed by atoms with E-state index >= 15 is 0 Å². The monoisotopic (exact) mass is 283 g/mol. The molecule has 0 spiro atoms. The van der Waals surface area contributed by atoms with E-state index in [1.807, 2.05) is 13.8 Å². The van der Waals surface area contributed by atoms with Crippen LogP contribution in [-0.2, 0) is 4.79 Å². The number of hydrogen-bond donors (Lipinski definition) is 2. The summed E-state index contributed by atoms with van der Waals surface area (Å²) >= 11 is 0. The van der Waals surface area contributed by atoms with Crippen LogP contribution in [0.4, 0.5) is 13.2 Å². The van der Waals surface area contributed by atoms with Gasteiger partial charge in [0.05, 0.1) is 12.6 Å². The van der Waals surface area contributed by atoms with Crippen LogP contribution in [0.3, 0.4) is 0 Å². The third-order valence-electron chi connectivity index (χ3n) is 2.53. The van der Waals surface area contributed by atoms with Gasteiger partial charge in [-0.15, -0.1) is 0 Å². The predicted molar refractivity (Wildman–Crippen MR) is 68.6 cm³/mol. The van der Waals surface area contributed by atoms with Gasteiger partial charge in [-0.3, -0.25) is 9.69 Å². The van der Waals surface area contributed by atoms with Gasteiger partial charge in [0, 0.05) is 6.54 Å². The summed E-state index contributed by atoms with van der Waals surface area (Å²) in [4.78, 5) is 12.7. The maximum atomic E-state index is 12.0. The van der Waals surface area contributed by atoms with Crippen LogP contribution in [0.2, 0.25) is 0 Å². The van der Waals surface area contributed by atoms with Crippen molar-refractivity contribution in [3.8, 4) is 0 Å². The van der Waals surface area contributed by atoms with Crippen LogP contribution in [0.15, 0.2) is 0 Å². The zero-order valence-corrected chi connectivity index (χ0v) is 11.8. The molecule has 0 radical (unpaired) electrons. The Hall–Kier alpha value is -0.820. The van der Waals surface area contributed by atoms with Crippen LogP contribution in [0.1, 0.15) is 26.7 Å². The number of nitrogens with zero attached hydrogens (tertiary/aromatic N) is 1. The van der Waals surface area contributed by atoms with Gasteiger partial charge in [0.1, 0.15) is 0 Å². The molecule has 0 bridgehead atoms. The molecule has 0 saturated carbocycles. The Balaban J connectivity index is 3.71. The fourth-order valence-electron chi connectivity index (χ4n) is 1.69. The van der Waals surface area contributed by atoms with Crippen molar-refractivity contribution in [3.63, 3.8) is 0 Å². The average molecular weight is 283 g/mol. The van der Waals surface area contributed by atoms with Gasteiger partial charge in [-0.05, 0) is 32.4 Å². The summed E-state index contributed by atoms with van der Waals surface area (Å²) in [6, 6.07) is -0.548. The van der Waals surface area contributed by atoms with E-state index in [9.17, 15) is 18.0 Å². The smallest absolute Gasteiger partial charge is 0.355 e. The standard InChI is InChI=1S/C12H24F3N3O/c1-9(2)7-10(16)11(19)17-5-4-6-18(3)8-12(13,14)15/h9-10H,4-8,16H2,1-3H3,(H,17,19)/t10-/m0/s1. The molecule has 1 atom stereocenters. The summed E-state index contributed by atoms with van der Waals surface area (Å²) in [6.07, 6.45) is -3.12. The van der Waals surface area contributed by atoms with Crippen molar-refractivity contribution in [1.82, 2.24) is 10.2 Å². The molecular weight excluding hydrogens is 259 g/mol. The van der Waals surface area contributed by atoms with E-state index < -0.39 is 18.8 Å². The molecule has 1 amide bonds. The summed E-state index contributed by atoms with van der Waals surface area (Å²) in [6.45, 7) is 3.62. The van der Waals surface area contributed by atoms with E-state index in [1.54, 1.807) is 0 Å². The van der Waals surface area contributed by atoms with Crippen molar-refractivity contribution >= 4 is 5.91 Å². The minimum Gasteiger partial charge on any atom is -0.355 e. The normalized spacial score (nSPS) is 13.9. The number of halogens is 3. The lowest BCUT2D eigenvalue weighted by Crippen LogP contribution is -2.42. The second kappa shape index (κ2) is 8.37. The molecule has 3 N–H and O–H groups in total. The van der Waals surface area contributed by atoms with Crippen LogP contribution in [0.25, 0.3) is 0 Å². The number of rotatable bonds is 8. The lowest BCUT2D eigenvalue weighted by Gasteiger charge is -2.19. The molecule has 7 heteroatoms. The number of alkyl halides is 3. The van der Waals surface area contributed by atoms with Crippen LogP contribution in [-0.4, -0.2) is 49.7 Å². The van der Waals surface area contributed by atoms with Crippen molar-refractivity contribution in [1.29, 1.82) is 0 Å². The summed E-state index contributed by atoms with van der Waals surface area (Å²) in [5, 5.41) is 2.63. The number of hydrogen-bond acceptors (Lipinski definition) is 3. The van der Waals surface area contributed by atoms with Gasteiger partial charge in [0.15, 0.2) is 0 Å². The maximum absolute atomic E-state index is 12.0. The van der Waals surface area contributed by atoms with Crippen LogP contribution in [0.5, 0.6) is 0 Å².